The van der Waals surface area contributed by atoms with Gasteiger partial charge in [-0.3, -0.25) is 9.59 Å². The van der Waals surface area contributed by atoms with Crippen LogP contribution >= 0.6 is 11.3 Å². The summed E-state index contributed by atoms with van der Waals surface area (Å²) in [6.45, 7) is 4.63. The van der Waals surface area contributed by atoms with Crippen LogP contribution in [0.1, 0.15) is 33.2 Å². The van der Waals surface area contributed by atoms with Crippen molar-refractivity contribution in [3.05, 3.63) is 15.6 Å². The predicted molar refractivity (Wildman–Crippen MR) is 74.8 cm³/mol. The summed E-state index contributed by atoms with van der Waals surface area (Å²) in [7, 11) is 0. The Morgan fingerprint density at radius 1 is 1.30 bits per heavy atom. The van der Waals surface area contributed by atoms with Crippen LogP contribution in [-0.4, -0.2) is 40.0 Å². The Hall–Kier alpha value is -1.43. The van der Waals surface area contributed by atoms with Gasteiger partial charge < -0.3 is 10.0 Å². The number of carbonyl (C=O) groups is 2. The average Bonchev–Trinajstić information content (AvgIpc) is 3.03. The van der Waals surface area contributed by atoms with Gasteiger partial charge in [0.05, 0.1) is 16.6 Å². The summed E-state index contributed by atoms with van der Waals surface area (Å²) < 4.78 is 0. The molecule has 2 heterocycles. The first-order chi connectivity index (χ1) is 9.47. The molecule has 0 spiro atoms. The molecule has 2 atom stereocenters. The molecule has 1 saturated carbocycles. The monoisotopic (exact) mass is 294 g/mol. The molecular formula is C14H18N2O3S. The molecule has 2 aliphatic rings. The number of aromatic nitrogens is 1. The van der Waals surface area contributed by atoms with Crippen molar-refractivity contribution >= 4 is 23.2 Å². The van der Waals surface area contributed by atoms with Gasteiger partial charge in [-0.25, -0.2) is 4.98 Å². The van der Waals surface area contributed by atoms with Gasteiger partial charge in [0, 0.05) is 13.1 Å². The summed E-state index contributed by atoms with van der Waals surface area (Å²) in [6.07, 6.45) is 2.21. The number of aliphatic carboxylic acids is 1. The first kappa shape index (κ1) is 13.5. The van der Waals surface area contributed by atoms with E-state index >= 15 is 0 Å². The molecule has 5 nitrogen and oxygen atoms in total. The standard InChI is InChI=1S/C14H18N2O3S/c1-7-12(20-8(2)15-7)13(17)16-5-10(9-3-4-9)11(6-16)14(18)19/h9-11H,3-6H2,1-2H3,(H,18,19)/t10-,11+/m0/s1. The zero-order valence-electron chi connectivity index (χ0n) is 11.6. The van der Waals surface area contributed by atoms with E-state index in [-0.39, 0.29) is 11.8 Å². The SMILES string of the molecule is Cc1nc(C)c(C(=O)N2C[C@@H](C(=O)O)[C@H](C3CC3)C2)s1. The lowest BCUT2D eigenvalue weighted by molar-refractivity contribution is -0.142. The van der Waals surface area contributed by atoms with Crippen molar-refractivity contribution in [2.24, 2.45) is 17.8 Å². The minimum Gasteiger partial charge on any atom is -0.481 e. The van der Waals surface area contributed by atoms with Crippen LogP contribution in [0.2, 0.25) is 0 Å². The molecule has 0 unspecified atom stereocenters. The van der Waals surface area contributed by atoms with Crippen molar-refractivity contribution in [1.29, 1.82) is 0 Å². The number of carboxylic acids is 1. The second-order valence-corrected chi connectivity index (χ2v) is 7.01. The number of hydrogen-bond acceptors (Lipinski definition) is 4. The van der Waals surface area contributed by atoms with Crippen LogP contribution in [-0.2, 0) is 4.79 Å². The third-order valence-corrected chi connectivity index (χ3v) is 5.36. The minimum absolute atomic E-state index is 0.0532. The summed E-state index contributed by atoms with van der Waals surface area (Å²) in [4.78, 5) is 30.6. The fourth-order valence-corrected chi connectivity index (χ4v) is 4.02. The van der Waals surface area contributed by atoms with E-state index in [1.807, 2.05) is 13.8 Å². The first-order valence-electron chi connectivity index (χ1n) is 6.93. The summed E-state index contributed by atoms with van der Waals surface area (Å²) in [5.74, 6) is -0.596. The van der Waals surface area contributed by atoms with Gasteiger partial charge in [-0.1, -0.05) is 0 Å². The molecule has 3 rings (SSSR count). The smallest absolute Gasteiger partial charge is 0.308 e. The van der Waals surface area contributed by atoms with Crippen molar-refractivity contribution in [3.63, 3.8) is 0 Å². The maximum Gasteiger partial charge on any atom is 0.308 e. The highest BCUT2D eigenvalue weighted by atomic mass is 32.1. The minimum atomic E-state index is -0.769. The van der Waals surface area contributed by atoms with E-state index in [4.69, 9.17) is 0 Å². The number of aryl methyl sites for hydroxylation is 2. The van der Waals surface area contributed by atoms with Crippen LogP contribution in [0, 0.1) is 31.6 Å². The molecule has 20 heavy (non-hydrogen) atoms. The van der Waals surface area contributed by atoms with Gasteiger partial charge in [0.2, 0.25) is 0 Å². The highest BCUT2D eigenvalue weighted by Gasteiger charge is 2.47. The zero-order chi connectivity index (χ0) is 14.4. The van der Waals surface area contributed by atoms with E-state index in [1.165, 1.54) is 11.3 Å². The quantitative estimate of drug-likeness (QED) is 0.925. The van der Waals surface area contributed by atoms with Crippen LogP contribution in [0.15, 0.2) is 0 Å². The van der Waals surface area contributed by atoms with E-state index < -0.39 is 11.9 Å². The van der Waals surface area contributed by atoms with Crippen molar-refractivity contribution in [1.82, 2.24) is 9.88 Å². The number of carbonyl (C=O) groups excluding carboxylic acids is 1. The molecule has 1 N–H and O–H groups in total. The summed E-state index contributed by atoms with van der Waals surface area (Å²) in [5.41, 5.74) is 0.749. The highest BCUT2D eigenvalue weighted by molar-refractivity contribution is 7.13. The molecule has 1 saturated heterocycles. The molecule has 1 aromatic rings. The normalized spacial score (nSPS) is 26.0. The molecule has 2 fully saturated rings. The lowest BCUT2D eigenvalue weighted by Gasteiger charge is -2.15. The van der Waals surface area contributed by atoms with Gasteiger partial charge in [-0.2, -0.15) is 0 Å². The number of carboxylic acid groups (broad SMARTS) is 1. The Kier molecular flexibility index (Phi) is 3.28. The van der Waals surface area contributed by atoms with Gasteiger partial charge in [-0.05, 0) is 38.5 Å². The summed E-state index contributed by atoms with van der Waals surface area (Å²) in [5, 5.41) is 10.2. The van der Waals surface area contributed by atoms with Gasteiger partial charge in [-0.15, -0.1) is 11.3 Å². The summed E-state index contributed by atoms with van der Waals surface area (Å²) >= 11 is 1.39. The van der Waals surface area contributed by atoms with Crippen LogP contribution in [0.3, 0.4) is 0 Å². The number of likely N-dealkylation sites (tertiary alicyclic amines) is 1. The van der Waals surface area contributed by atoms with Gasteiger partial charge in [0.15, 0.2) is 0 Å². The molecular weight excluding hydrogens is 276 g/mol. The van der Waals surface area contributed by atoms with Crippen molar-refractivity contribution in [2.75, 3.05) is 13.1 Å². The van der Waals surface area contributed by atoms with E-state index in [1.54, 1.807) is 4.90 Å². The Morgan fingerprint density at radius 2 is 2.00 bits per heavy atom. The second-order valence-electron chi connectivity index (χ2n) is 5.80. The Morgan fingerprint density at radius 3 is 2.50 bits per heavy atom. The molecule has 6 heteroatoms. The van der Waals surface area contributed by atoms with Gasteiger partial charge in [0.25, 0.3) is 5.91 Å². The molecule has 0 bridgehead atoms. The molecule has 1 aliphatic heterocycles. The summed E-state index contributed by atoms with van der Waals surface area (Å²) in [6, 6.07) is 0. The number of nitrogens with zero attached hydrogens (tertiary/aromatic N) is 2. The largest absolute Gasteiger partial charge is 0.481 e. The van der Waals surface area contributed by atoms with Gasteiger partial charge in [0.1, 0.15) is 4.88 Å². The lowest BCUT2D eigenvalue weighted by Crippen LogP contribution is -2.29. The molecule has 0 aromatic carbocycles. The van der Waals surface area contributed by atoms with E-state index in [0.29, 0.717) is 23.9 Å². The fraction of sp³-hybridized carbons (Fsp3) is 0.643. The number of rotatable bonds is 3. The fourth-order valence-electron chi connectivity index (χ4n) is 3.13. The zero-order valence-corrected chi connectivity index (χ0v) is 12.4. The lowest BCUT2D eigenvalue weighted by atomic mass is 9.92. The Bertz CT molecular complexity index is 565. The van der Waals surface area contributed by atoms with Crippen LogP contribution in [0.5, 0.6) is 0 Å². The maximum atomic E-state index is 12.5. The van der Waals surface area contributed by atoms with E-state index in [9.17, 15) is 14.7 Å². The molecule has 1 aromatic heterocycles. The van der Waals surface area contributed by atoms with Crippen LogP contribution in [0.25, 0.3) is 0 Å². The second kappa shape index (κ2) is 4.84. The predicted octanol–water partition coefficient (Wildman–Crippen LogP) is 1.94. The number of thiazole rings is 1. The van der Waals surface area contributed by atoms with Crippen molar-refractivity contribution in [2.45, 2.75) is 26.7 Å². The topological polar surface area (TPSA) is 70.5 Å². The Balaban J connectivity index is 1.79. The van der Waals surface area contributed by atoms with Crippen LogP contribution in [0.4, 0.5) is 0 Å². The third-order valence-electron chi connectivity index (χ3n) is 4.29. The Labute approximate surface area is 121 Å². The molecule has 108 valence electrons. The van der Waals surface area contributed by atoms with E-state index in [2.05, 4.69) is 4.98 Å². The maximum absolute atomic E-state index is 12.5. The van der Waals surface area contributed by atoms with Crippen molar-refractivity contribution < 1.29 is 14.7 Å². The van der Waals surface area contributed by atoms with Gasteiger partial charge >= 0.3 is 5.97 Å². The number of amides is 1. The average molecular weight is 294 g/mol. The molecule has 0 radical (unpaired) electrons. The van der Waals surface area contributed by atoms with Crippen LogP contribution < -0.4 is 0 Å². The third kappa shape index (κ3) is 2.32. The molecule has 1 aliphatic carbocycles. The number of hydrogen-bond donors (Lipinski definition) is 1. The highest BCUT2D eigenvalue weighted by Crippen LogP contribution is 2.44. The molecule has 1 amide bonds. The van der Waals surface area contributed by atoms with Crippen molar-refractivity contribution in [3.8, 4) is 0 Å². The van der Waals surface area contributed by atoms with E-state index in [0.717, 1.165) is 23.5 Å². The first-order valence-corrected chi connectivity index (χ1v) is 7.75.